The Kier molecular flexibility index (Phi) is 4.69. The van der Waals surface area contributed by atoms with Gasteiger partial charge in [-0.1, -0.05) is 25.0 Å². The molecule has 2 aromatic rings. The Bertz CT molecular complexity index is 635. The fourth-order valence-electron chi connectivity index (χ4n) is 3.25. The van der Waals surface area contributed by atoms with E-state index < -0.39 is 6.04 Å². The van der Waals surface area contributed by atoms with Crippen LogP contribution in [-0.4, -0.2) is 20.7 Å². The lowest BCUT2D eigenvalue weighted by molar-refractivity contribution is -0.125. The standard InChI is InChI=1S/C17H21FN4O/c1-12(22-11-19-10-20-22)17(23)21-16(13-4-2-3-5-13)14-6-8-15(18)9-7-14/h6-13,16H,2-5H2,1H3,(H,21,23)/t12-,16-/m0/s1. The third-order valence-electron chi connectivity index (χ3n) is 4.61. The maximum atomic E-state index is 13.2. The van der Waals surface area contributed by atoms with Gasteiger partial charge in [0.25, 0.3) is 0 Å². The summed E-state index contributed by atoms with van der Waals surface area (Å²) in [5, 5.41) is 7.15. The molecule has 1 aromatic heterocycles. The molecule has 1 N–H and O–H groups in total. The SMILES string of the molecule is C[C@@H](C(=O)N[C@H](c1ccc(F)cc1)C1CCCC1)n1cncn1. The normalized spacial score (nSPS) is 17.8. The molecule has 122 valence electrons. The van der Waals surface area contributed by atoms with Crippen molar-refractivity contribution in [2.24, 2.45) is 5.92 Å². The van der Waals surface area contributed by atoms with E-state index in [1.165, 1.54) is 42.3 Å². The van der Waals surface area contributed by atoms with Crippen molar-refractivity contribution in [3.8, 4) is 0 Å². The summed E-state index contributed by atoms with van der Waals surface area (Å²) in [6.45, 7) is 1.79. The number of nitrogens with zero attached hydrogens (tertiary/aromatic N) is 3. The molecule has 6 heteroatoms. The van der Waals surface area contributed by atoms with Crippen LogP contribution in [0.3, 0.4) is 0 Å². The van der Waals surface area contributed by atoms with Gasteiger partial charge >= 0.3 is 0 Å². The van der Waals surface area contributed by atoms with Crippen LogP contribution in [0.4, 0.5) is 4.39 Å². The summed E-state index contributed by atoms with van der Waals surface area (Å²) in [5.74, 6) is 0.0327. The summed E-state index contributed by atoms with van der Waals surface area (Å²) < 4.78 is 14.7. The van der Waals surface area contributed by atoms with Crippen molar-refractivity contribution < 1.29 is 9.18 Å². The van der Waals surface area contributed by atoms with E-state index >= 15 is 0 Å². The van der Waals surface area contributed by atoms with E-state index in [4.69, 9.17) is 0 Å². The van der Waals surface area contributed by atoms with E-state index in [0.29, 0.717) is 5.92 Å². The van der Waals surface area contributed by atoms with Crippen molar-refractivity contribution in [1.29, 1.82) is 0 Å². The number of aromatic nitrogens is 3. The number of hydrogen-bond acceptors (Lipinski definition) is 3. The van der Waals surface area contributed by atoms with Crippen LogP contribution >= 0.6 is 0 Å². The smallest absolute Gasteiger partial charge is 0.245 e. The topological polar surface area (TPSA) is 59.8 Å². The van der Waals surface area contributed by atoms with Gasteiger partial charge in [-0.05, 0) is 43.4 Å². The van der Waals surface area contributed by atoms with E-state index in [0.717, 1.165) is 18.4 Å². The third-order valence-corrected chi connectivity index (χ3v) is 4.61. The van der Waals surface area contributed by atoms with Crippen LogP contribution in [0.5, 0.6) is 0 Å². The number of carbonyl (C=O) groups excluding carboxylic acids is 1. The Morgan fingerprint density at radius 3 is 2.61 bits per heavy atom. The van der Waals surface area contributed by atoms with Crippen molar-refractivity contribution >= 4 is 5.91 Å². The Morgan fingerprint density at radius 1 is 1.30 bits per heavy atom. The number of amides is 1. The van der Waals surface area contributed by atoms with Crippen LogP contribution in [0.15, 0.2) is 36.9 Å². The molecule has 1 heterocycles. The van der Waals surface area contributed by atoms with Crippen LogP contribution in [0, 0.1) is 11.7 Å². The van der Waals surface area contributed by atoms with Gasteiger partial charge in [0.15, 0.2) is 0 Å². The highest BCUT2D eigenvalue weighted by molar-refractivity contribution is 5.80. The number of hydrogen-bond donors (Lipinski definition) is 1. The molecule has 0 spiro atoms. The first-order valence-corrected chi connectivity index (χ1v) is 8.05. The van der Waals surface area contributed by atoms with Crippen LogP contribution in [0.2, 0.25) is 0 Å². The minimum Gasteiger partial charge on any atom is -0.347 e. The van der Waals surface area contributed by atoms with Gasteiger partial charge < -0.3 is 5.32 Å². The summed E-state index contributed by atoms with van der Waals surface area (Å²) >= 11 is 0. The highest BCUT2D eigenvalue weighted by Gasteiger charge is 2.29. The predicted octanol–water partition coefficient (Wildman–Crippen LogP) is 3.03. The van der Waals surface area contributed by atoms with E-state index in [9.17, 15) is 9.18 Å². The largest absolute Gasteiger partial charge is 0.347 e. The molecular weight excluding hydrogens is 295 g/mol. The molecule has 0 radical (unpaired) electrons. The number of benzene rings is 1. The molecule has 0 saturated heterocycles. The lowest BCUT2D eigenvalue weighted by Crippen LogP contribution is -2.37. The second-order valence-corrected chi connectivity index (χ2v) is 6.13. The molecule has 2 atom stereocenters. The van der Waals surface area contributed by atoms with E-state index in [1.54, 1.807) is 19.1 Å². The molecule has 23 heavy (non-hydrogen) atoms. The summed E-state index contributed by atoms with van der Waals surface area (Å²) in [6, 6.07) is 5.91. The Hall–Kier alpha value is -2.24. The average Bonchev–Trinajstić information content (AvgIpc) is 3.26. The molecule has 1 aliphatic carbocycles. The molecule has 5 nitrogen and oxygen atoms in total. The molecule has 1 aliphatic rings. The summed E-state index contributed by atoms with van der Waals surface area (Å²) in [6.07, 6.45) is 7.47. The van der Waals surface area contributed by atoms with Crippen molar-refractivity contribution in [3.63, 3.8) is 0 Å². The quantitative estimate of drug-likeness (QED) is 0.922. The van der Waals surface area contributed by atoms with Gasteiger partial charge in [-0.3, -0.25) is 4.79 Å². The fourth-order valence-corrected chi connectivity index (χ4v) is 3.25. The first-order valence-electron chi connectivity index (χ1n) is 8.05. The monoisotopic (exact) mass is 316 g/mol. The molecule has 1 saturated carbocycles. The highest BCUT2D eigenvalue weighted by Crippen LogP contribution is 2.36. The van der Waals surface area contributed by atoms with Gasteiger partial charge in [0.05, 0.1) is 6.04 Å². The Morgan fingerprint density at radius 2 is 2.00 bits per heavy atom. The Balaban J connectivity index is 1.78. The molecule has 0 bridgehead atoms. The van der Waals surface area contributed by atoms with Crippen molar-refractivity contribution in [2.75, 3.05) is 0 Å². The highest BCUT2D eigenvalue weighted by atomic mass is 19.1. The van der Waals surface area contributed by atoms with Crippen molar-refractivity contribution in [1.82, 2.24) is 20.1 Å². The lowest BCUT2D eigenvalue weighted by atomic mass is 9.91. The third kappa shape index (κ3) is 3.57. The summed E-state index contributed by atoms with van der Waals surface area (Å²) in [7, 11) is 0. The second-order valence-electron chi connectivity index (χ2n) is 6.13. The van der Waals surface area contributed by atoms with E-state index in [2.05, 4.69) is 15.4 Å². The average molecular weight is 316 g/mol. The first-order chi connectivity index (χ1) is 11.1. The zero-order valence-corrected chi connectivity index (χ0v) is 13.2. The number of nitrogens with one attached hydrogen (secondary N) is 1. The van der Waals surface area contributed by atoms with E-state index in [1.807, 2.05) is 0 Å². The van der Waals surface area contributed by atoms with Gasteiger partial charge in [0.2, 0.25) is 5.91 Å². The van der Waals surface area contributed by atoms with Gasteiger partial charge in [-0.25, -0.2) is 14.1 Å². The second kappa shape index (κ2) is 6.89. The number of rotatable bonds is 5. The summed E-state index contributed by atoms with van der Waals surface area (Å²) in [4.78, 5) is 16.5. The molecule has 0 unspecified atom stereocenters. The fraction of sp³-hybridized carbons (Fsp3) is 0.471. The van der Waals surface area contributed by atoms with Gasteiger partial charge in [0.1, 0.15) is 24.5 Å². The van der Waals surface area contributed by atoms with Crippen molar-refractivity contribution in [3.05, 3.63) is 48.3 Å². The first kappa shape index (κ1) is 15.6. The minimum absolute atomic E-state index is 0.0865. The van der Waals surface area contributed by atoms with Gasteiger partial charge in [-0.15, -0.1) is 0 Å². The summed E-state index contributed by atoms with van der Waals surface area (Å²) in [5.41, 5.74) is 0.956. The maximum Gasteiger partial charge on any atom is 0.245 e. The molecular formula is C17H21FN4O. The van der Waals surface area contributed by atoms with Crippen LogP contribution in [0.25, 0.3) is 0 Å². The number of halogens is 1. The molecule has 3 rings (SSSR count). The predicted molar refractivity (Wildman–Crippen MR) is 84.0 cm³/mol. The molecule has 1 amide bonds. The zero-order valence-electron chi connectivity index (χ0n) is 13.2. The minimum atomic E-state index is -0.429. The van der Waals surface area contributed by atoms with Crippen LogP contribution < -0.4 is 5.32 Å². The molecule has 1 aromatic carbocycles. The lowest BCUT2D eigenvalue weighted by Gasteiger charge is -2.26. The molecule has 1 fully saturated rings. The van der Waals surface area contributed by atoms with Gasteiger partial charge in [-0.2, -0.15) is 5.10 Å². The van der Waals surface area contributed by atoms with Gasteiger partial charge in [0, 0.05) is 0 Å². The van der Waals surface area contributed by atoms with Crippen LogP contribution in [0.1, 0.15) is 50.3 Å². The molecule has 0 aliphatic heterocycles. The van der Waals surface area contributed by atoms with Crippen LogP contribution in [-0.2, 0) is 4.79 Å². The van der Waals surface area contributed by atoms with Crippen molar-refractivity contribution in [2.45, 2.75) is 44.7 Å². The zero-order chi connectivity index (χ0) is 16.2. The maximum absolute atomic E-state index is 13.2. The number of carbonyl (C=O) groups is 1. The van der Waals surface area contributed by atoms with E-state index in [-0.39, 0.29) is 17.8 Å². The Labute approximate surface area is 134 Å².